The number of aromatic nitrogens is 2. The lowest BCUT2D eigenvalue weighted by atomic mass is 9.93. The smallest absolute Gasteiger partial charge is 0.0870 e. The molecule has 0 saturated carbocycles. The predicted octanol–water partition coefficient (Wildman–Crippen LogP) is 3.03. The summed E-state index contributed by atoms with van der Waals surface area (Å²) < 4.78 is 1.87. The molecule has 0 aliphatic rings. The summed E-state index contributed by atoms with van der Waals surface area (Å²) in [6, 6.07) is 12.3. The van der Waals surface area contributed by atoms with Gasteiger partial charge in [0.1, 0.15) is 0 Å². The Labute approximate surface area is 96.9 Å². The van der Waals surface area contributed by atoms with Gasteiger partial charge in [0.05, 0.1) is 18.4 Å². The number of benzene rings is 1. The summed E-state index contributed by atoms with van der Waals surface area (Å²) in [5.41, 5.74) is 2.43. The van der Waals surface area contributed by atoms with Crippen molar-refractivity contribution in [3.05, 3.63) is 53.9 Å². The number of nitrogens with zero attached hydrogens (tertiary/aromatic N) is 2. The standard InChI is InChI=1S/C14H17N2/c1-14(2,3)13-9-10-16(15-13)11-12-7-5-4-6-8-12/h4-9H,11H2,1-3H3. The Hall–Kier alpha value is -1.57. The molecule has 2 heteroatoms. The molecule has 0 aliphatic carbocycles. The summed E-state index contributed by atoms with van der Waals surface area (Å²) >= 11 is 0. The van der Waals surface area contributed by atoms with Gasteiger partial charge in [0, 0.05) is 5.41 Å². The highest BCUT2D eigenvalue weighted by Crippen LogP contribution is 2.19. The van der Waals surface area contributed by atoms with Crippen LogP contribution in [0.25, 0.3) is 0 Å². The highest BCUT2D eigenvalue weighted by atomic mass is 15.3. The Balaban J connectivity index is 2.15. The van der Waals surface area contributed by atoms with E-state index in [2.05, 4.69) is 44.2 Å². The molecule has 0 amide bonds. The summed E-state index contributed by atoms with van der Waals surface area (Å²) in [6.07, 6.45) is 3.17. The zero-order valence-corrected chi connectivity index (χ0v) is 10.1. The molecule has 0 fully saturated rings. The summed E-state index contributed by atoms with van der Waals surface area (Å²) in [7, 11) is 0. The van der Waals surface area contributed by atoms with Gasteiger partial charge in [-0.15, -0.1) is 0 Å². The van der Waals surface area contributed by atoms with Crippen molar-refractivity contribution in [3.8, 4) is 0 Å². The normalized spacial score (nSPS) is 11.7. The Kier molecular flexibility index (Phi) is 2.82. The lowest BCUT2D eigenvalue weighted by Gasteiger charge is -2.14. The molecule has 0 atom stereocenters. The van der Waals surface area contributed by atoms with Crippen LogP contribution >= 0.6 is 0 Å². The first-order chi connectivity index (χ1) is 7.55. The van der Waals surface area contributed by atoms with Gasteiger partial charge in [-0.2, -0.15) is 5.10 Å². The first kappa shape index (κ1) is 10.9. The van der Waals surface area contributed by atoms with Crippen LogP contribution in [0, 0.1) is 6.20 Å². The summed E-state index contributed by atoms with van der Waals surface area (Å²) in [5, 5.41) is 4.54. The molecule has 0 unspecified atom stereocenters. The van der Waals surface area contributed by atoms with Crippen molar-refractivity contribution >= 4 is 0 Å². The average Bonchev–Trinajstić information content (AvgIpc) is 2.67. The zero-order valence-electron chi connectivity index (χ0n) is 10.1. The maximum Gasteiger partial charge on any atom is 0.0870 e. The monoisotopic (exact) mass is 213 g/mol. The third-order valence-corrected chi connectivity index (χ3v) is 2.52. The van der Waals surface area contributed by atoms with E-state index in [1.807, 2.05) is 28.9 Å². The average molecular weight is 213 g/mol. The van der Waals surface area contributed by atoms with Crippen LogP contribution in [0.3, 0.4) is 0 Å². The summed E-state index contributed by atoms with van der Waals surface area (Å²) in [4.78, 5) is 0. The van der Waals surface area contributed by atoms with E-state index in [1.165, 1.54) is 5.56 Å². The second-order valence-electron chi connectivity index (χ2n) is 5.05. The summed E-state index contributed by atoms with van der Waals surface area (Å²) in [5.74, 6) is 0. The van der Waals surface area contributed by atoms with E-state index in [9.17, 15) is 0 Å². The molecule has 83 valence electrons. The van der Waals surface area contributed by atoms with Gasteiger partial charge in [0.2, 0.25) is 0 Å². The van der Waals surface area contributed by atoms with E-state index in [-0.39, 0.29) is 5.41 Å². The molecule has 2 rings (SSSR count). The van der Waals surface area contributed by atoms with Gasteiger partial charge in [-0.3, -0.25) is 4.68 Å². The molecule has 1 aromatic heterocycles. The topological polar surface area (TPSA) is 17.8 Å². The lowest BCUT2D eigenvalue weighted by molar-refractivity contribution is 0.544. The van der Waals surface area contributed by atoms with Crippen molar-refractivity contribution in [2.45, 2.75) is 32.7 Å². The van der Waals surface area contributed by atoms with E-state index in [0.29, 0.717) is 0 Å². The van der Waals surface area contributed by atoms with Gasteiger partial charge < -0.3 is 0 Å². The van der Waals surface area contributed by atoms with Crippen molar-refractivity contribution in [3.63, 3.8) is 0 Å². The van der Waals surface area contributed by atoms with Gasteiger partial charge in [0.15, 0.2) is 0 Å². The third-order valence-electron chi connectivity index (χ3n) is 2.52. The number of hydrogen-bond acceptors (Lipinski definition) is 1. The zero-order chi connectivity index (χ0) is 11.6. The summed E-state index contributed by atoms with van der Waals surface area (Å²) in [6.45, 7) is 7.28. The number of rotatable bonds is 2. The fraction of sp³-hybridized carbons (Fsp3) is 0.357. The first-order valence-corrected chi connectivity index (χ1v) is 5.56. The molecular weight excluding hydrogens is 196 g/mol. The molecule has 0 saturated heterocycles. The van der Waals surface area contributed by atoms with E-state index in [4.69, 9.17) is 0 Å². The highest BCUT2D eigenvalue weighted by Gasteiger charge is 2.16. The molecule has 2 aromatic rings. The van der Waals surface area contributed by atoms with Gasteiger partial charge >= 0.3 is 0 Å². The van der Waals surface area contributed by atoms with Crippen LogP contribution in [0.2, 0.25) is 0 Å². The second kappa shape index (κ2) is 4.12. The number of hydrogen-bond donors (Lipinski definition) is 0. The second-order valence-corrected chi connectivity index (χ2v) is 5.05. The van der Waals surface area contributed by atoms with Crippen molar-refractivity contribution in [1.82, 2.24) is 9.78 Å². The van der Waals surface area contributed by atoms with Crippen LogP contribution in [-0.2, 0) is 12.0 Å². The minimum absolute atomic E-state index is 0.0957. The molecule has 1 heterocycles. The Morgan fingerprint density at radius 1 is 1.19 bits per heavy atom. The molecular formula is C14H17N2. The van der Waals surface area contributed by atoms with Gasteiger partial charge in [-0.1, -0.05) is 51.1 Å². The van der Waals surface area contributed by atoms with Crippen LogP contribution in [-0.4, -0.2) is 9.78 Å². The van der Waals surface area contributed by atoms with Gasteiger partial charge in [-0.05, 0) is 11.6 Å². The van der Waals surface area contributed by atoms with Crippen molar-refractivity contribution in [2.75, 3.05) is 0 Å². The predicted molar refractivity (Wildman–Crippen MR) is 65.3 cm³/mol. The van der Waals surface area contributed by atoms with E-state index >= 15 is 0 Å². The third kappa shape index (κ3) is 2.51. The van der Waals surface area contributed by atoms with E-state index < -0.39 is 0 Å². The molecule has 0 bridgehead atoms. The highest BCUT2D eigenvalue weighted by molar-refractivity contribution is 5.16. The van der Waals surface area contributed by atoms with Crippen molar-refractivity contribution in [1.29, 1.82) is 0 Å². The molecule has 1 aromatic carbocycles. The minimum atomic E-state index is 0.0957. The van der Waals surface area contributed by atoms with Gasteiger partial charge in [0.25, 0.3) is 0 Å². The quantitative estimate of drug-likeness (QED) is 0.749. The van der Waals surface area contributed by atoms with Crippen LogP contribution < -0.4 is 0 Å². The largest absolute Gasteiger partial charge is 0.259 e. The molecule has 16 heavy (non-hydrogen) atoms. The fourth-order valence-electron chi connectivity index (χ4n) is 1.53. The fourth-order valence-corrected chi connectivity index (χ4v) is 1.53. The molecule has 0 spiro atoms. The van der Waals surface area contributed by atoms with Crippen LogP contribution in [0.1, 0.15) is 32.0 Å². The first-order valence-electron chi connectivity index (χ1n) is 5.56. The van der Waals surface area contributed by atoms with Crippen molar-refractivity contribution < 1.29 is 0 Å². The molecule has 0 N–H and O–H groups in total. The minimum Gasteiger partial charge on any atom is -0.259 e. The Morgan fingerprint density at radius 3 is 2.44 bits per heavy atom. The molecule has 0 aliphatic heterocycles. The van der Waals surface area contributed by atoms with Crippen molar-refractivity contribution in [2.24, 2.45) is 0 Å². The van der Waals surface area contributed by atoms with Crippen LogP contribution in [0.5, 0.6) is 0 Å². The maximum atomic E-state index is 4.54. The van der Waals surface area contributed by atoms with Crippen LogP contribution in [0.15, 0.2) is 36.4 Å². The van der Waals surface area contributed by atoms with Crippen LogP contribution in [0.4, 0.5) is 0 Å². The molecule has 1 radical (unpaired) electrons. The van der Waals surface area contributed by atoms with Gasteiger partial charge in [-0.25, -0.2) is 0 Å². The molecule has 2 nitrogen and oxygen atoms in total. The maximum absolute atomic E-state index is 4.54. The van der Waals surface area contributed by atoms with E-state index in [1.54, 1.807) is 0 Å². The Bertz CT molecular complexity index is 449. The Morgan fingerprint density at radius 2 is 1.88 bits per heavy atom. The SMILES string of the molecule is CC(C)(C)c1c[c]n(Cc2ccccc2)n1. The lowest BCUT2D eigenvalue weighted by Crippen LogP contribution is -2.13. The van der Waals surface area contributed by atoms with E-state index in [0.717, 1.165) is 12.2 Å².